The van der Waals surface area contributed by atoms with Gasteiger partial charge in [-0.05, 0) is 60.8 Å². The van der Waals surface area contributed by atoms with Crippen molar-refractivity contribution < 1.29 is 24.6 Å². The van der Waals surface area contributed by atoms with Crippen LogP contribution >= 0.6 is 0 Å². The molecule has 24 heavy (non-hydrogen) atoms. The highest BCUT2D eigenvalue weighted by molar-refractivity contribution is 5.95. The molecule has 2 amide bonds. The van der Waals surface area contributed by atoms with Gasteiger partial charge in [-0.2, -0.15) is 0 Å². The molecule has 0 saturated heterocycles. The number of carboxylic acid groups (broad SMARTS) is 2. The number of hydrogen-bond acceptors (Lipinski definition) is 3. The van der Waals surface area contributed by atoms with E-state index in [0.29, 0.717) is 0 Å². The van der Waals surface area contributed by atoms with Crippen molar-refractivity contribution in [2.75, 3.05) is 5.32 Å². The lowest BCUT2D eigenvalue weighted by atomic mass is 9.99. The summed E-state index contributed by atoms with van der Waals surface area (Å²) in [4.78, 5) is 34.0. The van der Waals surface area contributed by atoms with Crippen LogP contribution in [-0.4, -0.2) is 34.2 Å². The molecule has 7 heteroatoms. The summed E-state index contributed by atoms with van der Waals surface area (Å²) in [6.45, 7) is 0. The van der Waals surface area contributed by atoms with E-state index in [1.165, 1.54) is 11.1 Å². The molecule has 0 aromatic heterocycles. The van der Waals surface area contributed by atoms with Gasteiger partial charge in [-0.1, -0.05) is 6.07 Å². The van der Waals surface area contributed by atoms with E-state index >= 15 is 0 Å². The monoisotopic (exact) mass is 332 g/mol. The highest BCUT2D eigenvalue weighted by Gasteiger charge is 2.27. The average Bonchev–Trinajstić information content (AvgIpc) is 3.14. The van der Waals surface area contributed by atoms with Gasteiger partial charge in [0.25, 0.3) is 0 Å². The SMILES string of the molecule is O=C(O)C[C@@H](NC(=O)Nc1c2c(cc3c1CCC3)CCC2)C(=O)O. The molecule has 0 radical (unpaired) electrons. The average molecular weight is 332 g/mol. The first kappa shape index (κ1) is 16.3. The maximum atomic E-state index is 12.2. The minimum atomic E-state index is -1.45. The summed E-state index contributed by atoms with van der Waals surface area (Å²) >= 11 is 0. The molecule has 2 aliphatic rings. The van der Waals surface area contributed by atoms with Crippen LogP contribution in [0.25, 0.3) is 0 Å². The fraction of sp³-hybridized carbons (Fsp3) is 0.471. The van der Waals surface area contributed by atoms with Gasteiger partial charge in [0.1, 0.15) is 6.04 Å². The number of benzene rings is 1. The number of aryl methyl sites for hydroxylation is 2. The van der Waals surface area contributed by atoms with Crippen molar-refractivity contribution in [2.45, 2.75) is 51.0 Å². The standard InChI is InChI=1S/C17H20N2O5/c20-14(21)8-13(16(22)23)18-17(24)19-15-11-5-1-3-9(11)7-10-4-2-6-12(10)15/h7,13H,1-6,8H2,(H,20,21)(H,22,23)(H2,18,19,24)/t13-/m1/s1. The quantitative estimate of drug-likeness (QED) is 0.655. The number of carbonyl (C=O) groups excluding carboxylic acids is 1. The molecule has 7 nitrogen and oxygen atoms in total. The summed E-state index contributed by atoms with van der Waals surface area (Å²) < 4.78 is 0. The highest BCUT2D eigenvalue weighted by Crippen LogP contribution is 2.38. The molecule has 4 N–H and O–H groups in total. The lowest BCUT2D eigenvalue weighted by Crippen LogP contribution is -2.44. The molecule has 0 aliphatic heterocycles. The lowest BCUT2D eigenvalue weighted by molar-refractivity contribution is -0.145. The van der Waals surface area contributed by atoms with Gasteiger partial charge in [0.15, 0.2) is 0 Å². The predicted octanol–water partition coefficient (Wildman–Crippen LogP) is 1.71. The minimum absolute atomic E-state index is 0.659. The molecule has 1 aromatic carbocycles. The topological polar surface area (TPSA) is 116 Å². The Labute approximate surface area is 139 Å². The number of anilines is 1. The zero-order chi connectivity index (χ0) is 17.3. The summed E-state index contributed by atoms with van der Waals surface area (Å²) in [5, 5.41) is 22.8. The van der Waals surface area contributed by atoms with Gasteiger partial charge in [0.2, 0.25) is 0 Å². The third kappa shape index (κ3) is 3.20. The molecule has 0 heterocycles. The number of nitrogens with one attached hydrogen (secondary N) is 2. The van der Waals surface area contributed by atoms with Crippen molar-refractivity contribution in [3.05, 3.63) is 28.3 Å². The maximum Gasteiger partial charge on any atom is 0.326 e. The first-order valence-electron chi connectivity index (χ1n) is 8.14. The van der Waals surface area contributed by atoms with Crippen LogP contribution in [0.5, 0.6) is 0 Å². The van der Waals surface area contributed by atoms with Crippen LogP contribution in [-0.2, 0) is 35.3 Å². The summed E-state index contributed by atoms with van der Waals surface area (Å²) in [5.74, 6) is -2.64. The molecular formula is C17H20N2O5. The summed E-state index contributed by atoms with van der Waals surface area (Å²) in [6, 6.07) is 0.114. The number of hydrogen-bond donors (Lipinski definition) is 4. The van der Waals surface area contributed by atoms with Crippen LogP contribution in [0, 0.1) is 0 Å². The van der Waals surface area contributed by atoms with Gasteiger partial charge in [0.05, 0.1) is 6.42 Å². The van der Waals surface area contributed by atoms with Crippen molar-refractivity contribution in [1.29, 1.82) is 0 Å². The number of fused-ring (bicyclic) bond motifs is 2. The number of urea groups is 1. The molecule has 128 valence electrons. The van der Waals surface area contributed by atoms with Crippen LogP contribution < -0.4 is 10.6 Å². The van der Waals surface area contributed by atoms with Crippen LogP contribution in [0.4, 0.5) is 10.5 Å². The van der Waals surface area contributed by atoms with Crippen molar-refractivity contribution >= 4 is 23.7 Å². The second-order valence-electron chi connectivity index (χ2n) is 6.32. The summed E-state index contributed by atoms with van der Waals surface area (Å²) in [5.41, 5.74) is 5.58. The third-order valence-electron chi connectivity index (χ3n) is 4.69. The number of rotatable bonds is 5. The molecule has 1 atom stereocenters. The van der Waals surface area contributed by atoms with Gasteiger partial charge >= 0.3 is 18.0 Å². The van der Waals surface area contributed by atoms with Crippen LogP contribution in [0.3, 0.4) is 0 Å². The largest absolute Gasteiger partial charge is 0.481 e. The first-order chi connectivity index (χ1) is 11.5. The second-order valence-corrected chi connectivity index (χ2v) is 6.32. The van der Waals surface area contributed by atoms with E-state index in [1.807, 2.05) is 0 Å². The zero-order valence-electron chi connectivity index (χ0n) is 13.2. The number of carbonyl (C=O) groups is 3. The lowest BCUT2D eigenvalue weighted by Gasteiger charge is -2.18. The molecule has 0 fully saturated rings. The molecule has 0 unspecified atom stereocenters. The van der Waals surface area contributed by atoms with Crippen LogP contribution in [0.1, 0.15) is 41.5 Å². The first-order valence-corrected chi connectivity index (χ1v) is 8.14. The Bertz CT molecular complexity index is 681. The molecular weight excluding hydrogens is 312 g/mol. The molecule has 2 aliphatic carbocycles. The van der Waals surface area contributed by atoms with Gasteiger partial charge < -0.3 is 20.8 Å². The van der Waals surface area contributed by atoms with E-state index < -0.39 is 30.4 Å². The number of aliphatic carboxylic acids is 2. The van der Waals surface area contributed by atoms with Crippen molar-refractivity contribution in [1.82, 2.24) is 5.32 Å². The third-order valence-corrected chi connectivity index (χ3v) is 4.69. The van der Waals surface area contributed by atoms with Crippen LogP contribution in [0.15, 0.2) is 6.07 Å². The van der Waals surface area contributed by atoms with E-state index in [9.17, 15) is 14.4 Å². The molecule has 0 saturated carbocycles. The number of carboxylic acids is 2. The second kappa shape index (κ2) is 6.51. The van der Waals surface area contributed by atoms with Crippen molar-refractivity contribution in [3.8, 4) is 0 Å². The molecule has 1 aromatic rings. The van der Waals surface area contributed by atoms with Gasteiger partial charge in [0, 0.05) is 5.69 Å². The van der Waals surface area contributed by atoms with E-state index in [1.54, 1.807) is 0 Å². The number of amides is 2. The Hall–Kier alpha value is -2.57. The Morgan fingerprint density at radius 2 is 1.58 bits per heavy atom. The van der Waals surface area contributed by atoms with E-state index in [2.05, 4.69) is 16.7 Å². The highest BCUT2D eigenvalue weighted by atomic mass is 16.4. The Balaban J connectivity index is 1.80. The molecule has 0 bridgehead atoms. The van der Waals surface area contributed by atoms with Gasteiger partial charge in [-0.15, -0.1) is 0 Å². The van der Waals surface area contributed by atoms with Crippen molar-refractivity contribution in [2.24, 2.45) is 0 Å². The van der Waals surface area contributed by atoms with E-state index in [4.69, 9.17) is 10.2 Å². The fourth-order valence-electron chi connectivity index (χ4n) is 3.65. The van der Waals surface area contributed by atoms with E-state index in [0.717, 1.165) is 55.3 Å². The Morgan fingerprint density at radius 3 is 2.08 bits per heavy atom. The smallest absolute Gasteiger partial charge is 0.326 e. The summed E-state index contributed by atoms with van der Waals surface area (Å²) in [7, 11) is 0. The normalized spacial score (nSPS) is 16.2. The Morgan fingerprint density at radius 1 is 1.00 bits per heavy atom. The minimum Gasteiger partial charge on any atom is -0.481 e. The zero-order valence-corrected chi connectivity index (χ0v) is 13.2. The molecule has 3 rings (SSSR count). The van der Waals surface area contributed by atoms with Crippen molar-refractivity contribution in [3.63, 3.8) is 0 Å². The predicted molar refractivity (Wildman–Crippen MR) is 86.3 cm³/mol. The van der Waals surface area contributed by atoms with Gasteiger partial charge in [-0.25, -0.2) is 9.59 Å². The van der Waals surface area contributed by atoms with Crippen LogP contribution in [0.2, 0.25) is 0 Å². The fourth-order valence-corrected chi connectivity index (χ4v) is 3.65. The van der Waals surface area contributed by atoms with Gasteiger partial charge in [-0.3, -0.25) is 4.79 Å². The molecule has 0 spiro atoms. The maximum absolute atomic E-state index is 12.2. The Kier molecular flexibility index (Phi) is 4.42. The van der Waals surface area contributed by atoms with E-state index in [-0.39, 0.29) is 0 Å². The summed E-state index contributed by atoms with van der Waals surface area (Å²) in [6.07, 6.45) is 5.22.